The highest BCUT2D eigenvalue weighted by atomic mass is 16.4. The summed E-state index contributed by atoms with van der Waals surface area (Å²) in [7, 11) is 0. The van der Waals surface area contributed by atoms with Crippen molar-refractivity contribution in [3.8, 4) is 5.97 Å². The molecule has 0 fully saturated rings. The molecule has 1 aliphatic heterocycles. The van der Waals surface area contributed by atoms with Crippen LogP contribution in [-0.4, -0.2) is 27.4 Å². The first-order chi connectivity index (χ1) is 19.0. The van der Waals surface area contributed by atoms with E-state index in [1.807, 2.05) is 41.5 Å². The third kappa shape index (κ3) is 7.35. The van der Waals surface area contributed by atoms with E-state index in [4.69, 9.17) is 21.3 Å². The van der Waals surface area contributed by atoms with Crippen LogP contribution in [0, 0.1) is 16.6 Å². The summed E-state index contributed by atoms with van der Waals surface area (Å²) in [6.45, 7) is 12.6. The Bertz CT molecular complexity index is 1430. The van der Waals surface area contributed by atoms with Crippen LogP contribution >= 0.6 is 0 Å². The van der Waals surface area contributed by atoms with Gasteiger partial charge in [0.25, 0.3) is 12.7 Å². The molecule has 0 atom stereocenters. The van der Waals surface area contributed by atoms with Crippen LogP contribution < -0.4 is 16.8 Å². The number of hydrogen-bond donors (Lipinski definition) is 4. The standard InChI is InChI=1S/C23H21BN8O.3C2H6/c25-11-24-6-5-14-7-13(1-2-16(14)9-24)10-29-22-19(21(27)30-12-31-22)20(26)15-3-4-18-17(8-15)32-23(28)33-18;3*1-2/h1-4,7-8,12,26H,5-6,9-10H2,(H2,28,32)(H3,27,29,30,31);3*1-2H3. The third-order valence-electron chi connectivity index (χ3n) is 5.96. The van der Waals surface area contributed by atoms with Crippen LogP contribution in [0.25, 0.3) is 11.1 Å². The minimum absolute atomic E-state index is 0.0757. The van der Waals surface area contributed by atoms with E-state index < -0.39 is 0 Å². The minimum atomic E-state index is 0.0757. The molecule has 0 saturated heterocycles. The number of benzene rings is 2. The fourth-order valence-corrected chi connectivity index (χ4v) is 4.24. The zero-order valence-corrected chi connectivity index (χ0v) is 23.8. The summed E-state index contributed by atoms with van der Waals surface area (Å²) in [6.07, 6.45) is 3.99. The number of rotatable bonds is 5. The predicted octanol–water partition coefficient (Wildman–Crippen LogP) is 6.08. The van der Waals surface area contributed by atoms with Gasteiger partial charge in [0.15, 0.2) is 5.58 Å². The SMILES string of the molecule is CC.CC.CC.N#CB1CCc2cc(CNc3ncnc(N)c3C(=N)c3ccc4oc(N)nc4c3)ccc2C1. The van der Waals surface area contributed by atoms with E-state index in [2.05, 4.69) is 44.4 Å². The second kappa shape index (κ2) is 15.1. The Morgan fingerprint density at radius 2 is 1.79 bits per heavy atom. The van der Waals surface area contributed by atoms with Gasteiger partial charge in [-0.1, -0.05) is 71.6 Å². The van der Waals surface area contributed by atoms with Crippen LogP contribution in [0.4, 0.5) is 17.7 Å². The molecule has 9 nitrogen and oxygen atoms in total. The summed E-state index contributed by atoms with van der Waals surface area (Å²) < 4.78 is 5.31. The quantitative estimate of drug-likeness (QED) is 0.179. The van der Waals surface area contributed by atoms with E-state index in [1.54, 1.807) is 18.2 Å². The molecule has 0 unspecified atom stereocenters. The molecular weight excluding hydrogens is 487 g/mol. The molecule has 0 radical (unpaired) electrons. The average molecular weight is 526 g/mol. The zero-order chi connectivity index (χ0) is 28.9. The molecule has 0 aliphatic carbocycles. The zero-order valence-electron chi connectivity index (χ0n) is 23.8. The van der Waals surface area contributed by atoms with Crippen LogP contribution in [0.2, 0.25) is 6.32 Å². The van der Waals surface area contributed by atoms with Crippen LogP contribution in [-0.2, 0) is 19.3 Å². The van der Waals surface area contributed by atoms with Gasteiger partial charge < -0.3 is 21.2 Å². The summed E-state index contributed by atoms with van der Waals surface area (Å²) in [5, 5.41) is 21.3. The molecule has 39 heavy (non-hydrogen) atoms. The maximum absolute atomic E-state index is 9.20. The fourth-order valence-electron chi connectivity index (χ4n) is 4.24. The third-order valence-corrected chi connectivity index (χ3v) is 5.96. The highest BCUT2D eigenvalue weighted by Gasteiger charge is 2.22. The van der Waals surface area contributed by atoms with Crippen molar-refractivity contribution in [2.75, 3.05) is 16.8 Å². The maximum Gasteiger partial charge on any atom is 0.292 e. The normalized spacial score (nSPS) is 11.4. The van der Waals surface area contributed by atoms with E-state index in [1.165, 1.54) is 17.5 Å². The van der Waals surface area contributed by atoms with Crippen molar-refractivity contribution in [3.05, 3.63) is 70.5 Å². The van der Waals surface area contributed by atoms with Crippen LogP contribution in [0.15, 0.2) is 47.1 Å². The Kier molecular flexibility index (Phi) is 12.0. The van der Waals surface area contributed by atoms with E-state index in [0.717, 1.165) is 24.6 Å². The van der Waals surface area contributed by atoms with Crippen molar-refractivity contribution in [3.63, 3.8) is 0 Å². The first kappa shape index (κ1) is 30.8. The molecule has 2 aromatic carbocycles. The number of anilines is 3. The first-order valence-electron chi connectivity index (χ1n) is 13.6. The summed E-state index contributed by atoms with van der Waals surface area (Å²) in [4.78, 5) is 12.6. The lowest BCUT2D eigenvalue weighted by atomic mass is 9.42. The summed E-state index contributed by atoms with van der Waals surface area (Å²) in [6, 6.07) is 11.6. The Labute approximate surface area is 231 Å². The van der Waals surface area contributed by atoms with E-state index in [-0.39, 0.29) is 24.3 Å². The molecule has 3 heterocycles. The maximum atomic E-state index is 9.20. The second-order valence-electron chi connectivity index (χ2n) is 8.12. The molecule has 0 saturated carbocycles. The van der Waals surface area contributed by atoms with E-state index in [0.29, 0.717) is 34.6 Å². The van der Waals surface area contributed by atoms with E-state index in [9.17, 15) is 5.26 Å². The molecule has 0 amide bonds. The Morgan fingerprint density at radius 1 is 1.05 bits per heavy atom. The van der Waals surface area contributed by atoms with Crippen molar-refractivity contribution in [1.82, 2.24) is 15.0 Å². The van der Waals surface area contributed by atoms with Gasteiger partial charge in [0.05, 0.1) is 11.3 Å². The van der Waals surface area contributed by atoms with Gasteiger partial charge in [0.2, 0.25) is 0 Å². The van der Waals surface area contributed by atoms with Crippen molar-refractivity contribution >= 4 is 41.2 Å². The Balaban J connectivity index is 0.000000833. The lowest BCUT2D eigenvalue weighted by molar-refractivity contribution is 0.626. The van der Waals surface area contributed by atoms with Gasteiger partial charge >= 0.3 is 0 Å². The van der Waals surface area contributed by atoms with Crippen molar-refractivity contribution in [2.45, 2.75) is 67.1 Å². The van der Waals surface area contributed by atoms with Gasteiger partial charge in [0.1, 0.15) is 23.5 Å². The highest BCUT2D eigenvalue weighted by molar-refractivity contribution is 6.66. The number of aryl methyl sites for hydroxylation is 1. The largest absolute Gasteiger partial charge is 0.424 e. The molecule has 5 rings (SSSR count). The van der Waals surface area contributed by atoms with Crippen molar-refractivity contribution < 1.29 is 4.42 Å². The van der Waals surface area contributed by atoms with Crippen molar-refractivity contribution in [2.24, 2.45) is 0 Å². The number of aromatic nitrogens is 3. The molecule has 10 heteroatoms. The van der Waals surface area contributed by atoms with Gasteiger partial charge in [-0.05, 0) is 42.1 Å². The highest BCUT2D eigenvalue weighted by Crippen LogP contribution is 2.26. The molecule has 1 aliphatic rings. The van der Waals surface area contributed by atoms with Gasteiger partial charge in [-0.3, -0.25) is 5.41 Å². The number of oxazole rings is 1. The van der Waals surface area contributed by atoms with E-state index >= 15 is 0 Å². The summed E-state index contributed by atoms with van der Waals surface area (Å²) >= 11 is 0. The molecular formula is C29H39BN8O. The van der Waals surface area contributed by atoms with Gasteiger partial charge in [-0.15, -0.1) is 0 Å². The molecule has 2 aromatic heterocycles. The fraction of sp³-hybridized carbons (Fsp3) is 0.345. The Morgan fingerprint density at radius 3 is 2.51 bits per heavy atom. The van der Waals surface area contributed by atoms with Gasteiger partial charge in [-0.2, -0.15) is 4.98 Å². The number of nitriles is 1. The number of nitrogens with one attached hydrogen (secondary N) is 2. The lowest BCUT2D eigenvalue weighted by Gasteiger charge is -2.19. The van der Waals surface area contributed by atoms with Crippen LogP contribution in [0.5, 0.6) is 0 Å². The molecule has 6 N–H and O–H groups in total. The molecule has 204 valence electrons. The lowest BCUT2D eigenvalue weighted by Crippen LogP contribution is -2.22. The predicted molar refractivity (Wildman–Crippen MR) is 162 cm³/mol. The monoisotopic (exact) mass is 526 g/mol. The number of nitrogens with two attached hydrogens (primary N) is 2. The number of nitrogen functional groups attached to an aromatic ring is 2. The van der Waals surface area contributed by atoms with Gasteiger partial charge in [-0.25, -0.2) is 15.2 Å². The number of fused-ring (bicyclic) bond motifs is 2. The molecule has 0 bridgehead atoms. The summed E-state index contributed by atoms with van der Waals surface area (Å²) in [5.41, 5.74) is 17.7. The van der Waals surface area contributed by atoms with Gasteiger partial charge in [0, 0.05) is 18.1 Å². The molecule has 0 spiro atoms. The second-order valence-corrected chi connectivity index (χ2v) is 8.12. The summed E-state index contributed by atoms with van der Waals surface area (Å²) in [5.74, 6) is 3.07. The first-order valence-corrected chi connectivity index (χ1v) is 13.6. The number of nitrogens with zero attached hydrogens (tertiary/aromatic N) is 4. The average Bonchev–Trinajstić information content (AvgIpc) is 3.37. The minimum Gasteiger partial charge on any atom is -0.424 e. The smallest absolute Gasteiger partial charge is 0.292 e. The molecule has 4 aromatic rings. The number of hydrogen-bond acceptors (Lipinski definition) is 9. The van der Waals surface area contributed by atoms with Crippen molar-refractivity contribution in [1.29, 1.82) is 10.7 Å². The Hall–Kier alpha value is -4.39. The van der Waals surface area contributed by atoms with Crippen LogP contribution in [0.1, 0.15) is 69.4 Å². The van der Waals surface area contributed by atoms with Crippen LogP contribution in [0.3, 0.4) is 0 Å². The topological polar surface area (TPSA) is 164 Å².